The van der Waals surface area contributed by atoms with E-state index < -0.39 is 0 Å². The van der Waals surface area contributed by atoms with E-state index in [1.807, 2.05) is 12.1 Å². The fourth-order valence-corrected chi connectivity index (χ4v) is 9.31. The number of aromatic nitrogens is 1. The highest BCUT2D eigenvalue weighted by Gasteiger charge is 2.17. The van der Waals surface area contributed by atoms with Gasteiger partial charge in [-0.2, -0.15) is 0 Å². The lowest BCUT2D eigenvalue weighted by Crippen LogP contribution is -2.09. The van der Waals surface area contributed by atoms with Gasteiger partial charge in [0.25, 0.3) is 0 Å². The number of nitrogens with zero attached hydrogens (tertiary/aromatic N) is 2. The Morgan fingerprint density at radius 3 is 1.38 bits per heavy atom. The summed E-state index contributed by atoms with van der Waals surface area (Å²) >= 11 is 0. The molecule has 12 aromatic rings. The average molecular weight is 805 g/mol. The quantitative estimate of drug-likeness (QED) is 0.153. The van der Waals surface area contributed by atoms with Crippen molar-refractivity contribution >= 4 is 60.8 Å². The minimum absolute atomic E-state index is 0.911. The van der Waals surface area contributed by atoms with E-state index in [2.05, 4.69) is 240 Å². The zero-order valence-electron chi connectivity index (χ0n) is 34.4. The van der Waals surface area contributed by atoms with Gasteiger partial charge in [-0.1, -0.05) is 170 Å². The molecular weight excluding hydrogens is 765 g/mol. The third kappa shape index (κ3) is 6.46. The summed E-state index contributed by atoms with van der Waals surface area (Å²) in [6.45, 7) is 0. The molecule has 10 aromatic carbocycles. The van der Waals surface area contributed by atoms with Crippen molar-refractivity contribution in [3.8, 4) is 50.2 Å². The van der Waals surface area contributed by atoms with Crippen LogP contribution in [0.5, 0.6) is 0 Å². The van der Waals surface area contributed by atoms with Crippen LogP contribution in [0.4, 0.5) is 17.1 Å². The normalized spacial score (nSPS) is 11.5. The van der Waals surface area contributed by atoms with Crippen molar-refractivity contribution in [3.05, 3.63) is 243 Å². The van der Waals surface area contributed by atoms with Gasteiger partial charge in [-0.25, -0.2) is 0 Å². The molecule has 3 nitrogen and oxygen atoms in total. The van der Waals surface area contributed by atoms with E-state index >= 15 is 0 Å². The van der Waals surface area contributed by atoms with Gasteiger partial charge in [0.1, 0.15) is 11.2 Å². The molecule has 296 valence electrons. The number of fused-ring (bicyclic) bond motifs is 6. The smallest absolute Gasteiger partial charge is 0.143 e. The van der Waals surface area contributed by atoms with Crippen LogP contribution in [0.3, 0.4) is 0 Å². The van der Waals surface area contributed by atoms with Gasteiger partial charge in [-0.05, 0) is 112 Å². The molecule has 0 aliphatic carbocycles. The summed E-state index contributed by atoms with van der Waals surface area (Å²) in [7, 11) is 0. The van der Waals surface area contributed by atoms with Crippen LogP contribution in [-0.4, -0.2) is 4.57 Å². The highest BCUT2D eigenvalue weighted by molar-refractivity contribution is 6.11. The highest BCUT2D eigenvalue weighted by Crippen LogP contribution is 2.41. The number of anilines is 3. The standard InChI is InChI=1S/C60H40N2O/c1-3-12-41(13-4-1)43-22-31-48(32-23-43)61(49-33-24-44(25-34-49)42-14-5-2-6-15-42)50-35-26-45(27-36-50)47-30-39-58-56(40-47)53-16-7-9-20-57(53)62(58)51-37-28-46(29-38-51)52-18-11-19-55-54-17-8-10-21-59(54)63-60(52)55/h1-40H. The second-order valence-corrected chi connectivity index (χ2v) is 16.1. The van der Waals surface area contributed by atoms with Gasteiger partial charge >= 0.3 is 0 Å². The molecule has 12 rings (SSSR count). The predicted octanol–water partition coefficient (Wildman–Crippen LogP) is 16.8. The molecule has 0 aliphatic heterocycles. The molecule has 0 saturated heterocycles. The van der Waals surface area contributed by atoms with Crippen LogP contribution < -0.4 is 4.90 Å². The van der Waals surface area contributed by atoms with Gasteiger partial charge in [-0.15, -0.1) is 0 Å². The predicted molar refractivity (Wildman–Crippen MR) is 264 cm³/mol. The monoisotopic (exact) mass is 804 g/mol. The number of para-hydroxylation sites is 3. The van der Waals surface area contributed by atoms with Crippen LogP contribution in [0, 0.1) is 0 Å². The molecule has 2 heterocycles. The first-order valence-corrected chi connectivity index (χ1v) is 21.5. The Morgan fingerprint density at radius 1 is 0.302 bits per heavy atom. The third-order valence-electron chi connectivity index (χ3n) is 12.4. The Kier molecular flexibility index (Phi) is 8.83. The van der Waals surface area contributed by atoms with Gasteiger partial charge in [0.05, 0.1) is 11.0 Å². The molecule has 0 saturated carbocycles. The largest absolute Gasteiger partial charge is 0.455 e. The van der Waals surface area contributed by atoms with Crippen molar-refractivity contribution in [3.63, 3.8) is 0 Å². The van der Waals surface area contributed by atoms with E-state index in [1.54, 1.807) is 0 Å². The van der Waals surface area contributed by atoms with E-state index in [0.717, 1.165) is 55.8 Å². The lowest BCUT2D eigenvalue weighted by molar-refractivity contribution is 0.670. The number of benzene rings is 10. The molecule has 0 spiro atoms. The molecule has 63 heavy (non-hydrogen) atoms. The third-order valence-corrected chi connectivity index (χ3v) is 12.4. The first-order chi connectivity index (χ1) is 31.2. The second-order valence-electron chi connectivity index (χ2n) is 16.1. The molecule has 0 unspecified atom stereocenters. The van der Waals surface area contributed by atoms with Crippen LogP contribution in [0.1, 0.15) is 0 Å². The summed E-state index contributed by atoms with van der Waals surface area (Å²) in [6.07, 6.45) is 0. The summed E-state index contributed by atoms with van der Waals surface area (Å²) < 4.78 is 8.77. The van der Waals surface area contributed by atoms with Crippen molar-refractivity contribution in [2.24, 2.45) is 0 Å². The average Bonchev–Trinajstić information content (AvgIpc) is 3.91. The number of hydrogen-bond donors (Lipinski definition) is 0. The lowest BCUT2D eigenvalue weighted by atomic mass is 10.0. The summed E-state index contributed by atoms with van der Waals surface area (Å²) in [5, 5.41) is 4.73. The van der Waals surface area contributed by atoms with Gasteiger partial charge < -0.3 is 13.9 Å². The van der Waals surface area contributed by atoms with Gasteiger partial charge in [0.2, 0.25) is 0 Å². The Labute approximate surface area is 366 Å². The zero-order valence-corrected chi connectivity index (χ0v) is 34.4. The van der Waals surface area contributed by atoms with Crippen molar-refractivity contribution in [1.29, 1.82) is 0 Å². The Morgan fingerprint density at radius 2 is 0.762 bits per heavy atom. The molecule has 0 bridgehead atoms. The number of furan rings is 1. The van der Waals surface area contributed by atoms with E-state index in [-0.39, 0.29) is 0 Å². The first kappa shape index (κ1) is 36.5. The molecule has 0 atom stereocenters. The van der Waals surface area contributed by atoms with Crippen molar-refractivity contribution in [1.82, 2.24) is 4.57 Å². The molecule has 0 amide bonds. The van der Waals surface area contributed by atoms with Gasteiger partial charge in [0.15, 0.2) is 0 Å². The minimum atomic E-state index is 0.911. The summed E-state index contributed by atoms with van der Waals surface area (Å²) in [5.41, 5.74) is 18.0. The maximum Gasteiger partial charge on any atom is 0.143 e. The second kappa shape index (κ2) is 15.3. The topological polar surface area (TPSA) is 21.3 Å². The first-order valence-electron chi connectivity index (χ1n) is 21.5. The molecule has 0 aliphatic rings. The zero-order chi connectivity index (χ0) is 41.7. The van der Waals surface area contributed by atoms with Crippen molar-refractivity contribution < 1.29 is 4.42 Å². The number of hydrogen-bond acceptors (Lipinski definition) is 2. The summed E-state index contributed by atoms with van der Waals surface area (Å²) in [6, 6.07) is 87.0. The SMILES string of the molecule is c1ccc(-c2ccc(N(c3ccc(-c4ccccc4)cc3)c3ccc(-c4ccc5c(c4)c4ccccc4n5-c4ccc(-c5cccc6c5oc5ccccc56)cc4)cc3)cc2)cc1. The van der Waals surface area contributed by atoms with E-state index in [9.17, 15) is 0 Å². The molecule has 0 radical (unpaired) electrons. The Bertz CT molecular complexity index is 3480. The molecule has 3 heteroatoms. The molecule has 2 aromatic heterocycles. The lowest BCUT2D eigenvalue weighted by Gasteiger charge is -2.26. The van der Waals surface area contributed by atoms with Crippen LogP contribution in [0.25, 0.3) is 93.9 Å². The fraction of sp³-hybridized carbons (Fsp3) is 0. The Hall–Kier alpha value is -8.40. The maximum absolute atomic E-state index is 6.39. The van der Waals surface area contributed by atoms with Crippen LogP contribution in [0.15, 0.2) is 247 Å². The molecular formula is C60H40N2O. The van der Waals surface area contributed by atoms with Crippen LogP contribution >= 0.6 is 0 Å². The summed E-state index contributed by atoms with van der Waals surface area (Å²) in [4.78, 5) is 2.34. The van der Waals surface area contributed by atoms with Crippen LogP contribution in [0.2, 0.25) is 0 Å². The highest BCUT2D eigenvalue weighted by atomic mass is 16.3. The summed E-state index contributed by atoms with van der Waals surface area (Å²) in [5.74, 6) is 0. The van der Waals surface area contributed by atoms with Gasteiger partial charge in [-0.3, -0.25) is 0 Å². The fourth-order valence-electron chi connectivity index (χ4n) is 9.31. The maximum atomic E-state index is 6.39. The van der Waals surface area contributed by atoms with Crippen molar-refractivity contribution in [2.75, 3.05) is 4.90 Å². The number of rotatable bonds is 8. The van der Waals surface area contributed by atoms with E-state index in [0.29, 0.717) is 0 Å². The van der Waals surface area contributed by atoms with E-state index in [4.69, 9.17) is 4.42 Å². The minimum Gasteiger partial charge on any atom is -0.455 e. The molecule has 0 fully saturated rings. The van der Waals surface area contributed by atoms with Crippen LogP contribution in [-0.2, 0) is 0 Å². The molecule has 0 N–H and O–H groups in total. The van der Waals surface area contributed by atoms with Gasteiger partial charge in [0, 0.05) is 49.9 Å². The van der Waals surface area contributed by atoms with Crippen molar-refractivity contribution in [2.45, 2.75) is 0 Å². The van der Waals surface area contributed by atoms with E-state index in [1.165, 1.54) is 55.2 Å². The Balaban J connectivity index is 0.891.